The Balaban J connectivity index is 1.48. The average Bonchev–Trinajstić information content (AvgIpc) is 2.62. The number of nitrogens with one attached hydrogen (secondary N) is 1. The molecule has 0 aliphatic carbocycles. The monoisotopic (exact) mass is 341 g/mol. The first-order valence-corrected chi connectivity index (χ1v) is 8.84. The Bertz CT molecular complexity index is 769. The van der Waals surface area contributed by atoms with Gasteiger partial charge in [0.05, 0.1) is 24.1 Å². The standard InChI is InChI=1S/C19H23N3O3/c23-15-10-16(14-4-2-1-3-5-14)25-19(12-15)6-8-22(9-7-19)17-11-18(24)21-13-20-17/h1-5,11,13,15-16,23H,6-10,12H2,(H,20,21,24)/t15-,16-/m1/s1. The smallest absolute Gasteiger partial charge is 0.252 e. The molecule has 6 heteroatoms. The summed E-state index contributed by atoms with van der Waals surface area (Å²) >= 11 is 0. The molecule has 1 aromatic carbocycles. The van der Waals surface area contributed by atoms with Crippen molar-refractivity contribution in [3.63, 3.8) is 0 Å². The Morgan fingerprint density at radius 1 is 1.24 bits per heavy atom. The molecule has 132 valence electrons. The maximum Gasteiger partial charge on any atom is 0.252 e. The van der Waals surface area contributed by atoms with Crippen molar-refractivity contribution in [1.82, 2.24) is 9.97 Å². The predicted octanol–water partition coefficient (Wildman–Crippen LogP) is 2.02. The fourth-order valence-electron chi connectivity index (χ4n) is 4.03. The van der Waals surface area contributed by atoms with E-state index in [0.29, 0.717) is 18.7 Å². The molecule has 4 rings (SSSR count). The third-order valence-electron chi connectivity index (χ3n) is 5.32. The second-order valence-corrected chi connectivity index (χ2v) is 7.05. The lowest BCUT2D eigenvalue weighted by Gasteiger charge is -2.48. The van der Waals surface area contributed by atoms with Crippen LogP contribution in [0.2, 0.25) is 0 Å². The molecule has 2 saturated heterocycles. The molecule has 2 aliphatic heterocycles. The van der Waals surface area contributed by atoms with E-state index in [4.69, 9.17) is 4.74 Å². The van der Waals surface area contributed by atoms with E-state index in [2.05, 4.69) is 27.0 Å². The summed E-state index contributed by atoms with van der Waals surface area (Å²) < 4.78 is 6.50. The summed E-state index contributed by atoms with van der Waals surface area (Å²) in [6.07, 6.45) is 3.99. The molecule has 2 aliphatic rings. The zero-order valence-corrected chi connectivity index (χ0v) is 14.1. The molecule has 0 amide bonds. The molecular weight excluding hydrogens is 318 g/mol. The van der Waals surface area contributed by atoms with Crippen molar-refractivity contribution in [2.75, 3.05) is 18.0 Å². The van der Waals surface area contributed by atoms with Crippen molar-refractivity contribution in [1.29, 1.82) is 0 Å². The summed E-state index contributed by atoms with van der Waals surface area (Å²) in [5.74, 6) is 0.703. The van der Waals surface area contributed by atoms with Crippen LogP contribution in [0.4, 0.5) is 5.82 Å². The van der Waals surface area contributed by atoms with Gasteiger partial charge >= 0.3 is 0 Å². The molecule has 3 heterocycles. The van der Waals surface area contributed by atoms with Crippen molar-refractivity contribution in [2.24, 2.45) is 0 Å². The molecule has 1 aromatic heterocycles. The van der Waals surface area contributed by atoms with Crippen LogP contribution in [0.5, 0.6) is 0 Å². The number of ether oxygens (including phenoxy) is 1. The number of aliphatic hydroxyl groups excluding tert-OH is 1. The normalized spacial score (nSPS) is 25.9. The van der Waals surface area contributed by atoms with Crippen LogP contribution in [0.3, 0.4) is 0 Å². The van der Waals surface area contributed by atoms with Gasteiger partial charge in [-0.3, -0.25) is 4.79 Å². The fourth-order valence-corrected chi connectivity index (χ4v) is 4.03. The third kappa shape index (κ3) is 3.45. The number of benzene rings is 1. The van der Waals surface area contributed by atoms with Gasteiger partial charge in [0.15, 0.2) is 0 Å². The minimum absolute atomic E-state index is 0.0609. The Morgan fingerprint density at radius 2 is 2.00 bits per heavy atom. The van der Waals surface area contributed by atoms with E-state index in [9.17, 15) is 9.90 Å². The van der Waals surface area contributed by atoms with Crippen molar-refractivity contribution in [2.45, 2.75) is 43.5 Å². The highest BCUT2D eigenvalue weighted by Crippen LogP contribution is 2.43. The molecule has 1 spiro atoms. The maximum atomic E-state index is 11.5. The molecule has 6 nitrogen and oxygen atoms in total. The summed E-state index contributed by atoms with van der Waals surface area (Å²) in [7, 11) is 0. The molecule has 0 bridgehead atoms. The van der Waals surface area contributed by atoms with Gasteiger partial charge in [-0.1, -0.05) is 30.3 Å². The summed E-state index contributed by atoms with van der Waals surface area (Å²) in [5, 5.41) is 10.4. The van der Waals surface area contributed by atoms with E-state index in [1.54, 1.807) is 0 Å². The summed E-state index contributed by atoms with van der Waals surface area (Å²) in [5.41, 5.74) is 0.689. The number of aliphatic hydroxyl groups is 1. The number of H-pyrrole nitrogens is 1. The van der Waals surface area contributed by atoms with E-state index >= 15 is 0 Å². The largest absolute Gasteiger partial charge is 0.393 e. The van der Waals surface area contributed by atoms with E-state index in [-0.39, 0.29) is 23.4 Å². The number of piperidine rings is 1. The second kappa shape index (κ2) is 6.61. The van der Waals surface area contributed by atoms with Crippen LogP contribution in [-0.4, -0.2) is 39.9 Å². The van der Waals surface area contributed by atoms with E-state index in [1.807, 2.05) is 18.2 Å². The molecule has 0 unspecified atom stereocenters. The SMILES string of the molecule is O=c1cc(N2CCC3(CC2)C[C@H](O)C[C@H](c2ccccc2)O3)nc[nH]1. The zero-order valence-electron chi connectivity index (χ0n) is 14.1. The first kappa shape index (κ1) is 16.3. The van der Waals surface area contributed by atoms with Crippen molar-refractivity contribution < 1.29 is 9.84 Å². The van der Waals surface area contributed by atoms with E-state index in [1.165, 1.54) is 12.4 Å². The van der Waals surface area contributed by atoms with Gasteiger partial charge in [0.1, 0.15) is 5.82 Å². The highest BCUT2D eigenvalue weighted by molar-refractivity contribution is 5.37. The van der Waals surface area contributed by atoms with Crippen molar-refractivity contribution >= 4 is 5.82 Å². The molecule has 0 saturated carbocycles. The quantitative estimate of drug-likeness (QED) is 0.874. The first-order valence-electron chi connectivity index (χ1n) is 8.84. The summed E-state index contributed by atoms with van der Waals surface area (Å²) in [4.78, 5) is 20.4. The number of anilines is 1. The number of hydrogen-bond donors (Lipinski definition) is 2. The zero-order chi connectivity index (χ0) is 17.3. The molecule has 2 fully saturated rings. The number of aromatic amines is 1. The molecule has 2 aromatic rings. The Hall–Kier alpha value is -2.18. The summed E-state index contributed by atoms with van der Waals surface area (Å²) in [6.45, 7) is 1.54. The van der Waals surface area contributed by atoms with Crippen molar-refractivity contribution in [3.05, 3.63) is 58.6 Å². The lowest BCUT2D eigenvalue weighted by Crippen LogP contribution is -2.51. The average molecular weight is 341 g/mol. The van der Waals surface area contributed by atoms with Crippen LogP contribution >= 0.6 is 0 Å². The van der Waals surface area contributed by atoms with Gasteiger partial charge in [-0.15, -0.1) is 0 Å². The van der Waals surface area contributed by atoms with Crippen LogP contribution < -0.4 is 10.5 Å². The molecule has 25 heavy (non-hydrogen) atoms. The van der Waals surface area contributed by atoms with Gasteiger partial charge in [-0.05, 0) is 18.4 Å². The second-order valence-electron chi connectivity index (χ2n) is 7.05. The lowest BCUT2D eigenvalue weighted by molar-refractivity contribution is -0.173. The number of aromatic nitrogens is 2. The topological polar surface area (TPSA) is 78.5 Å². The fraction of sp³-hybridized carbons (Fsp3) is 0.474. The van der Waals surface area contributed by atoms with E-state index in [0.717, 1.165) is 31.5 Å². The van der Waals surface area contributed by atoms with Crippen LogP contribution in [0, 0.1) is 0 Å². The lowest BCUT2D eigenvalue weighted by atomic mass is 9.81. The van der Waals surface area contributed by atoms with Crippen LogP contribution in [0.1, 0.15) is 37.4 Å². The van der Waals surface area contributed by atoms with Crippen LogP contribution in [-0.2, 0) is 4.74 Å². The van der Waals surface area contributed by atoms with E-state index < -0.39 is 0 Å². The van der Waals surface area contributed by atoms with Gasteiger partial charge < -0.3 is 19.7 Å². The number of hydrogen-bond acceptors (Lipinski definition) is 5. The Labute approximate surface area is 146 Å². The summed E-state index contributed by atoms with van der Waals surface area (Å²) in [6, 6.07) is 11.7. The maximum absolute atomic E-state index is 11.5. The highest BCUT2D eigenvalue weighted by atomic mass is 16.5. The Kier molecular flexibility index (Phi) is 4.31. The molecule has 2 atom stereocenters. The van der Waals surface area contributed by atoms with Crippen LogP contribution in [0.25, 0.3) is 0 Å². The predicted molar refractivity (Wildman–Crippen MR) is 94.5 cm³/mol. The number of nitrogens with zero attached hydrogens (tertiary/aromatic N) is 2. The van der Waals surface area contributed by atoms with Crippen LogP contribution in [0.15, 0.2) is 47.5 Å². The highest BCUT2D eigenvalue weighted by Gasteiger charge is 2.43. The van der Waals surface area contributed by atoms with Gasteiger partial charge in [0.25, 0.3) is 5.56 Å². The minimum atomic E-state index is -0.344. The van der Waals surface area contributed by atoms with Crippen molar-refractivity contribution in [3.8, 4) is 0 Å². The minimum Gasteiger partial charge on any atom is -0.393 e. The Morgan fingerprint density at radius 3 is 2.72 bits per heavy atom. The molecule has 0 radical (unpaired) electrons. The first-order chi connectivity index (χ1) is 12.1. The van der Waals surface area contributed by atoms with Gasteiger partial charge in [0.2, 0.25) is 0 Å². The van der Waals surface area contributed by atoms with Gasteiger partial charge in [-0.25, -0.2) is 4.98 Å². The van der Waals surface area contributed by atoms with Gasteiger partial charge in [-0.2, -0.15) is 0 Å². The molecular formula is C19H23N3O3. The number of rotatable bonds is 2. The van der Waals surface area contributed by atoms with Gasteiger partial charge in [0, 0.05) is 32.0 Å². The third-order valence-corrected chi connectivity index (χ3v) is 5.32. The molecule has 2 N–H and O–H groups in total.